The van der Waals surface area contributed by atoms with Crippen LogP contribution in [-0.2, 0) is 9.59 Å². The molecule has 2 unspecified atom stereocenters. The van der Waals surface area contributed by atoms with E-state index in [-0.39, 0.29) is 17.7 Å². The van der Waals surface area contributed by atoms with Gasteiger partial charge in [-0.1, -0.05) is 6.92 Å². The molecular formula is C13H22N2O3. The molecule has 2 N–H and O–H groups in total. The third kappa shape index (κ3) is 2.66. The third-order valence-corrected chi connectivity index (χ3v) is 4.16. The number of amides is 1. The van der Waals surface area contributed by atoms with Crippen molar-refractivity contribution in [2.24, 2.45) is 11.8 Å². The molecule has 2 fully saturated rings. The number of carboxylic acid groups (broad SMARTS) is 1. The number of carboxylic acids is 1. The molecule has 5 nitrogen and oxygen atoms in total. The SMILES string of the molecule is CC1CCCN(C(=O)C2CCNCC2)C1C(=O)O. The van der Waals surface area contributed by atoms with Gasteiger partial charge in [0.1, 0.15) is 6.04 Å². The Labute approximate surface area is 108 Å². The minimum absolute atomic E-state index is 0.0124. The van der Waals surface area contributed by atoms with Crippen molar-refractivity contribution in [1.29, 1.82) is 0 Å². The second-order valence-corrected chi connectivity index (χ2v) is 5.46. The lowest BCUT2D eigenvalue weighted by molar-refractivity contribution is -0.157. The van der Waals surface area contributed by atoms with Crippen molar-refractivity contribution in [3.63, 3.8) is 0 Å². The second-order valence-electron chi connectivity index (χ2n) is 5.46. The molecule has 0 spiro atoms. The summed E-state index contributed by atoms with van der Waals surface area (Å²) in [7, 11) is 0. The summed E-state index contributed by atoms with van der Waals surface area (Å²) >= 11 is 0. The van der Waals surface area contributed by atoms with E-state index in [2.05, 4.69) is 5.32 Å². The van der Waals surface area contributed by atoms with Crippen molar-refractivity contribution in [2.45, 2.75) is 38.6 Å². The molecular weight excluding hydrogens is 232 g/mol. The number of likely N-dealkylation sites (tertiary alicyclic amines) is 1. The molecule has 18 heavy (non-hydrogen) atoms. The van der Waals surface area contributed by atoms with E-state index >= 15 is 0 Å². The lowest BCUT2D eigenvalue weighted by Crippen LogP contribution is -2.54. The molecule has 0 radical (unpaired) electrons. The summed E-state index contributed by atoms with van der Waals surface area (Å²) in [5.74, 6) is -0.736. The topological polar surface area (TPSA) is 69.6 Å². The van der Waals surface area contributed by atoms with Crippen LogP contribution in [0.5, 0.6) is 0 Å². The lowest BCUT2D eigenvalue weighted by Gasteiger charge is -2.39. The van der Waals surface area contributed by atoms with Crippen molar-refractivity contribution in [2.75, 3.05) is 19.6 Å². The Bertz CT molecular complexity index is 326. The molecule has 0 aliphatic carbocycles. The third-order valence-electron chi connectivity index (χ3n) is 4.16. The second kappa shape index (κ2) is 5.69. The summed E-state index contributed by atoms with van der Waals surface area (Å²) in [5.41, 5.74) is 0. The average molecular weight is 254 g/mol. The van der Waals surface area contributed by atoms with E-state index in [1.54, 1.807) is 4.90 Å². The number of piperidine rings is 2. The molecule has 5 heteroatoms. The first kappa shape index (κ1) is 13.3. The van der Waals surface area contributed by atoms with Crippen LogP contribution in [0.1, 0.15) is 32.6 Å². The molecule has 2 aliphatic rings. The maximum atomic E-state index is 12.4. The van der Waals surface area contributed by atoms with Crippen molar-refractivity contribution >= 4 is 11.9 Å². The number of carbonyl (C=O) groups excluding carboxylic acids is 1. The summed E-state index contributed by atoms with van der Waals surface area (Å²) < 4.78 is 0. The van der Waals surface area contributed by atoms with E-state index in [9.17, 15) is 14.7 Å². The molecule has 2 atom stereocenters. The van der Waals surface area contributed by atoms with Gasteiger partial charge in [-0.25, -0.2) is 4.79 Å². The van der Waals surface area contributed by atoms with Gasteiger partial charge >= 0.3 is 5.97 Å². The maximum absolute atomic E-state index is 12.4. The van der Waals surface area contributed by atoms with Gasteiger partial charge in [-0.3, -0.25) is 4.79 Å². The highest BCUT2D eigenvalue weighted by Crippen LogP contribution is 2.27. The summed E-state index contributed by atoms with van der Waals surface area (Å²) in [6, 6.07) is -0.624. The first-order valence-corrected chi connectivity index (χ1v) is 6.85. The number of aliphatic carboxylic acids is 1. The Morgan fingerprint density at radius 1 is 1.22 bits per heavy atom. The lowest BCUT2D eigenvalue weighted by atomic mass is 9.88. The van der Waals surface area contributed by atoms with Gasteiger partial charge < -0.3 is 15.3 Å². The number of rotatable bonds is 2. The van der Waals surface area contributed by atoms with Crippen LogP contribution < -0.4 is 5.32 Å². The zero-order chi connectivity index (χ0) is 13.1. The number of carbonyl (C=O) groups is 2. The Balaban J connectivity index is 2.08. The summed E-state index contributed by atoms with van der Waals surface area (Å²) in [4.78, 5) is 25.4. The molecule has 0 aromatic carbocycles. The van der Waals surface area contributed by atoms with E-state index in [1.807, 2.05) is 6.92 Å². The van der Waals surface area contributed by atoms with Crippen LogP contribution in [0, 0.1) is 11.8 Å². The van der Waals surface area contributed by atoms with Gasteiger partial charge in [0, 0.05) is 12.5 Å². The number of nitrogens with one attached hydrogen (secondary N) is 1. The maximum Gasteiger partial charge on any atom is 0.326 e. The highest BCUT2D eigenvalue weighted by molar-refractivity contribution is 5.85. The largest absolute Gasteiger partial charge is 0.480 e. The van der Waals surface area contributed by atoms with E-state index in [4.69, 9.17) is 0 Å². The Morgan fingerprint density at radius 3 is 2.50 bits per heavy atom. The van der Waals surface area contributed by atoms with Crippen LogP contribution in [0.25, 0.3) is 0 Å². The van der Waals surface area contributed by atoms with Crippen LogP contribution in [0.2, 0.25) is 0 Å². The fourth-order valence-electron chi connectivity index (χ4n) is 3.12. The zero-order valence-corrected chi connectivity index (χ0v) is 10.9. The van der Waals surface area contributed by atoms with Gasteiger partial charge in [0.25, 0.3) is 0 Å². The molecule has 0 aromatic rings. The highest BCUT2D eigenvalue weighted by atomic mass is 16.4. The molecule has 2 heterocycles. The van der Waals surface area contributed by atoms with E-state index in [0.29, 0.717) is 6.54 Å². The fraction of sp³-hybridized carbons (Fsp3) is 0.846. The first-order valence-electron chi connectivity index (χ1n) is 6.85. The van der Waals surface area contributed by atoms with E-state index in [1.165, 1.54) is 0 Å². The van der Waals surface area contributed by atoms with Crippen molar-refractivity contribution in [1.82, 2.24) is 10.2 Å². The van der Waals surface area contributed by atoms with Gasteiger partial charge in [0.15, 0.2) is 0 Å². The Kier molecular flexibility index (Phi) is 4.22. The van der Waals surface area contributed by atoms with Crippen LogP contribution in [0.4, 0.5) is 0 Å². The molecule has 102 valence electrons. The zero-order valence-electron chi connectivity index (χ0n) is 10.9. The molecule has 0 aromatic heterocycles. The minimum Gasteiger partial charge on any atom is -0.480 e. The number of nitrogens with zero attached hydrogens (tertiary/aromatic N) is 1. The molecule has 2 rings (SSSR count). The number of hydrogen-bond acceptors (Lipinski definition) is 3. The predicted octanol–water partition coefficient (Wildman–Crippen LogP) is 0.698. The number of hydrogen-bond donors (Lipinski definition) is 2. The normalized spacial score (nSPS) is 30.2. The summed E-state index contributed by atoms with van der Waals surface area (Å²) in [6.07, 6.45) is 3.47. The van der Waals surface area contributed by atoms with Crippen molar-refractivity contribution in [3.05, 3.63) is 0 Å². The van der Waals surface area contributed by atoms with E-state index < -0.39 is 12.0 Å². The van der Waals surface area contributed by atoms with Crippen LogP contribution >= 0.6 is 0 Å². The molecule has 1 amide bonds. The standard InChI is InChI=1S/C13H22N2O3/c1-9-3-2-8-15(11(9)13(17)18)12(16)10-4-6-14-7-5-10/h9-11,14H,2-8H2,1H3,(H,17,18). The molecule has 0 bridgehead atoms. The average Bonchev–Trinajstić information content (AvgIpc) is 2.38. The fourth-order valence-corrected chi connectivity index (χ4v) is 3.12. The molecule has 0 saturated carbocycles. The molecule has 2 aliphatic heterocycles. The van der Waals surface area contributed by atoms with Gasteiger partial charge in [0.05, 0.1) is 0 Å². The van der Waals surface area contributed by atoms with Gasteiger partial charge in [-0.15, -0.1) is 0 Å². The predicted molar refractivity (Wildman–Crippen MR) is 67.1 cm³/mol. The van der Waals surface area contributed by atoms with Crippen LogP contribution in [0.15, 0.2) is 0 Å². The monoisotopic (exact) mass is 254 g/mol. The van der Waals surface area contributed by atoms with Crippen molar-refractivity contribution < 1.29 is 14.7 Å². The van der Waals surface area contributed by atoms with Gasteiger partial charge in [0.2, 0.25) is 5.91 Å². The first-order chi connectivity index (χ1) is 8.61. The van der Waals surface area contributed by atoms with Crippen LogP contribution in [0.3, 0.4) is 0 Å². The van der Waals surface area contributed by atoms with E-state index in [0.717, 1.165) is 38.8 Å². The summed E-state index contributed by atoms with van der Waals surface area (Å²) in [5, 5.41) is 12.5. The van der Waals surface area contributed by atoms with Crippen molar-refractivity contribution in [3.8, 4) is 0 Å². The smallest absolute Gasteiger partial charge is 0.326 e. The van der Waals surface area contributed by atoms with Gasteiger partial charge in [-0.05, 0) is 44.7 Å². The quantitative estimate of drug-likeness (QED) is 0.761. The Hall–Kier alpha value is -1.10. The molecule has 2 saturated heterocycles. The minimum atomic E-state index is -0.857. The summed E-state index contributed by atoms with van der Waals surface area (Å²) in [6.45, 7) is 4.25. The van der Waals surface area contributed by atoms with Crippen LogP contribution in [-0.4, -0.2) is 47.6 Å². The Morgan fingerprint density at radius 2 is 1.89 bits per heavy atom. The van der Waals surface area contributed by atoms with Gasteiger partial charge in [-0.2, -0.15) is 0 Å². The highest BCUT2D eigenvalue weighted by Gasteiger charge is 2.39.